The Bertz CT molecular complexity index is 820. The largest absolute Gasteiger partial charge is 0.380 e. The third-order valence-electron chi connectivity index (χ3n) is 3.43. The molecular weight excluding hydrogens is 305 g/mol. The number of halogens is 1. The number of carbonyl (C=O) groups excluding carboxylic acids is 1. The molecule has 4 nitrogen and oxygen atoms in total. The Hall–Kier alpha value is -3.21. The number of amides is 1. The molecular formula is C19H16FN3O. The lowest BCUT2D eigenvalue weighted by molar-refractivity contribution is 0.102. The molecule has 1 aromatic heterocycles. The van der Waals surface area contributed by atoms with E-state index in [0.29, 0.717) is 12.4 Å². The molecule has 120 valence electrons. The smallest absolute Gasteiger partial charge is 0.256 e. The Labute approximate surface area is 139 Å². The van der Waals surface area contributed by atoms with Crippen molar-refractivity contribution < 1.29 is 9.18 Å². The number of nitrogens with one attached hydrogen (secondary N) is 2. The van der Waals surface area contributed by atoms with E-state index in [-0.39, 0.29) is 5.56 Å². The lowest BCUT2D eigenvalue weighted by Gasteiger charge is -2.08. The van der Waals surface area contributed by atoms with Gasteiger partial charge in [0.25, 0.3) is 5.91 Å². The highest BCUT2D eigenvalue weighted by molar-refractivity contribution is 6.03. The van der Waals surface area contributed by atoms with Crippen LogP contribution in [0.1, 0.15) is 15.9 Å². The van der Waals surface area contributed by atoms with Crippen LogP contribution in [0.4, 0.5) is 15.9 Å². The van der Waals surface area contributed by atoms with E-state index >= 15 is 0 Å². The standard InChI is InChI=1S/C19H16FN3O/c20-16-8-4-7-15(11-16)19(24)23-18-10-9-17(13-22-18)21-12-14-5-2-1-3-6-14/h1-11,13,21H,12H2,(H,22,23,24). The van der Waals surface area contributed by atoms with Gasteiger partial charge in [-0.3, -0.25) is 4.79 Å². The molecule has 0 saturated carbocycles. The Morgan fingerprint density at radius 1 is 1.00 bits per heavy atom. The van der Waals surface area contributed by atoms with Crippen molar-refractivity contribution in [3.8, 4) is 0 Å². The van der Waals surface area contributed by atoms with Gasteiger partial charge in [-0.25, -0.2) is 9.37 Å². The number of hydrogen-bond acceptors (Lipinski definition) is 3. The van der Waals surface area contributed by atoms with E-state index in [0.717, 1.165) is 5.69 Å². The van der Waals surface area contributed by atoms with E-state index in [2.05, 4.69) is 15.6 Å². The molecule has 3 rings (SSSR count). The van der Waals surface area contributed by atoms with Crippen molar-refractivity contribution in [1.29, 1.82) is 0 Å². The van der Waals surface area contributed by atoms with Crippen molar-refractivity contribution >= 4 is 17.4 Å². The van der Waals surface area contributed by atoms with Gasteiger partial charge in [0.05, 0.1) is 11.9 Å². The first-order chi connectivity index (χ1) is 11.7. The molecule has 0 aliphatic heterocycles. The fraction of sp³-hybridized carbons (Fsp3) is 0.0526. The zero-order valence-electron chi connectivity index (χ0n) is 12.9. The van der Waals surface area contributed by atoms with Gasteiger partial charge in [-0.2, -0.15) is 0 Å². The molecule has 2 aromatic carbocycles. The molecule has 0 aliphatic carbocycles. The number of anilines is 2. The SMILES string of the molecule is O=C(Nc1ccc(NCc2ccccc2)cn1)c1cccc(F)c1. The fourth-order valence-corrected chi connectivity index (χ4v) is 2.19. The predicted octanol–water partition coefficient (Wildman–Crippen LogP) is 4.09. The number of nitrogens with zero attached hydrogens (tertiary/aromatic N) is 1. The van der Waals surface area contributed by atoms with Crippen LogP contribution >= 0.6 is 0 Å². The first-order valence-corrected chi connectivity index (χ1v) is 7.51. The summed E-state index contributed by atoms with van der Waals surface area (Å²) >= 11 is 0. The van der Waals surface area contributed by atoms with E-state index in [9.17, 15) is 9.18 Å². The lowest BCUT2D eigenvalue weighted by Crippen LogP contribution is -2.13. The summed E-state index contributed by atoms with van der Waals surface area (Å²) in [5.74, 6) is -0.433. The summed E-state index contributed by atoms with van der Waals surface area (Å²) in [5.41, 5.74) is 2.27. The third kappa shape index (κ3) is 4.16. The Kier molecular flexibility index (Phi) is 4.81. The first-order valence-electron chi connectivity index (χ1n) is 7.51. The van der Waals surface area contributed by atoms with Crippen molar-refractivity contribution in [3.05, 3.63) is 89.9 Å². The first kappa shape index (κ1) is 15.7. The van der Waals surface area contributed by atoms with Crippen LogP contribution in [0.2, 0.25) is 0 Å². The second-order valence-corrected chi connectivity index (χ2v) is 5.24. The maximum absolute atomic E-state index is 13.1. The Balaban J connectivity index is 1.59. The molecule has 1 heterocycles. The molecule has 5 heteroatoms. The molecule has 0 aliphatic rings. The summed E-state index contributed by atoms with van der Waals surface area (Å²) < 4.78 is 13.1. The van der Waals surface area contributed by atoms with Crippen molar-refractivity contribution in [2.75, 3.05) is 10.6 Å². The molecule has 0 saturated heterocycles. The molecule has 0 atom stereocenters. The van der Waals surface area contributed by atoms with Gasteiger partial charge in [0.15, 0.2) is 0 Å². The topological polar surface area (TPSA) is 54.0 Å². The predicted molar refractivity (Wildman–Crippen MR) is 92.4 cm³/mol. The van der Waals surface area contributed by atoms with E-state index in [4.69, 9.17) is 0 Å². The average molecular weight is 321 g/mol. The van der Waals surface area contributed by atoms with Gasteiger partial charge in [-0.15, -0.1) is 0 Å². The normalized spacial score (nSPS) is 10.2. The lowest BCUT2D eigenvalue weighted by atomic mass is 10.2. The minimum atomic E-state index is -0.448. The number of pyridine rings is 1. The second-order valence-electron chi connectivity index (χ2n) is 5.24. The molecule has 2 N–H and O–H groups in total. The zero-order chi connectivity index (χ0) is 16.8. The van der Waals surface area contributed by atoms with E-state index in [1.807, 2.05) is 36.4 Å². The third-order valence-corrected chi connectivity index (χ3v) is 3.43. The van der Waals surface area contributed by atoms with Crippen LogP contribution in [0.15, 0.2) is 72.9 Å². The van der Waals surface area contributed by atoms with E-state index in [1.54, 1.807) is 18.3 Å². The highest BCUT2D eigenvalue weighted by Crippen LogP contribution is 2.13. The minimum absolute atomic E-state index is 0.253. The van der Waals surface area contributed by atoms with Crippen molar-refractivity contribution in [2.24, 2.45) is 0 Å². The summed E-state index contributed by atoms with van der Waals surface area (Å²) in [7, 11) is 0. The number of aromatic nitrogens is 1. The Morgan fingerprint density at radius 2 is 1.83 bits per heavy atom. The maximum Gasteiger partial charge on any atom is 0.256 e. The summed E-state index contributed by atoms with van der Waals surface area (Å²) in [6, 6.07) is 19.1. The van der Waals surface area contributed by atoms with Crippen LogP contribution in [0.3, 0.4) is 0 Å². The van der Waals surface area contributed by atoms with Crippen LogP contribution in [0, 0.1) is 5.82 Å². The molecule has 0 bridgehead atoms. The number of hydrogen-bond donors (Lipinski definition) is 2. The summed E-state index contributed by atoms with van der Waals surface area (Å²) in [4.78, 5) is 16.2. The van der Waals surface area contributed by atoms with Gasteiger partial charge < -0.3 is 10.6 Å². The average Bonchev–Trinajstić information content (AvgIpc) is 2.62. The van der Waals surface area contributed by atoms with Gasteiger partial charge in [-0.05, 0) is 35.9 Å². The quantitative estimate of drug-likeness (QED) is 0.744. The summed E-state index contributed by atoms with van der Waals surface area (Å²) in [6.45, 7) is 0.692. The van der Waals surface area contributed by atoms with Crippen LogP contribution < -0.4 is 10.6 Å². The van der Waals surface area contributed by atoms with Gasteiger partial charge in [-0.1, -0.05) is 36.4 Å². The molecule has 0 radical (unpaired) electrons. The highest BCUT2D eigenvalue weighted by atomic mass is 19.1. The van der Waals surface area contributed by atoms with Crippen LogP contribution in [0.25, 0.3) is 0 Å². The Morgan fingerprint density at radius 3 is 2.54 bits per heavy atom. The molecule has 3 aromatic rings. The van der Waals surface area contributed by atoms with Gasteiger partial charge in [0.1, 0.15) is 11.6 Å². The number of benzene rings is 2. The molecule has 0 spiro atoms. The molecule has 0 fully saturated rings. The second kappa shape index (κ2) is 7.37. The molecule has 0 unspecified atom stereocenters. The highest BCUT2D eigenvalue weighted by Gasteiger charge is 2.07. The van der Waals surface area contributed by atoms with Gasteiger partial charge in [0, 0.05) is 12.1 Å². The van der Waals surface area contributed by atoms with Crippen molar-refractivity contribution in [2.45, 2.75) is 6.54 Å². The van der Waals surface area contributed by atoms with Gasteiger partial charge >= 0.3 is 0 Å². The maximum atomic E-state index is 13.1. The molecule has 24 heavy (non-hydrogen) atoms. The fourth-order valence-electron chi connectivity index (χ4n) is 2.19. The van der Waals surface area contributed by atoms with Crippen molar-refractivity contribution in [1.82, 2.24) is 4.98 Å². The van der Waals surface area contributed by atoms with Crippen molar-refractivity contribution in [3.63, 3.8) is 0 Å². The van der Waals surface area contributed by atoms with Gasteiger partial charge in [0.2, 0.25) is 0 Å². The van der Waals surface area contributed by atoms with E-state index < -0.39 is 11.7 Å². The summed E-state index contributed by atoms with van der Waals surface area (Å²) in [5, 5.41) is 5.90. The van der Waals surface area contributed by atoms with E-state index in [1.165, 1.54) is 23.8 Å². The van der Waals surface area contributed by atoms with Crippen LogP contribution in [-0.4, -0.2) is 10.9 Å². The monoisotopic (exact) mass is 321 g/mol. The molecule has 1 amide bonds. The number of rotatable bonds is 5. The zero-order valence-corrected chi connectivity index (χ0v) is 12.9. The minimum Gasteiger partial charge on any atom is -0.380 e. The van der Waals surface area contributed by atoms with Crippen LogP contribution in [-0.2, 0) is 6.54 Å². The summed E-state index contributed by atoms with van der Waals surface area (Å²) in [6.07, 6.45) is 1.64. The van der Waals surface area contributed by atoms with Crippen LogP contribution in [0.5, 0.6) is 0 Å². The number of carbonyl (C=O) groups is 1.